The molecule has 1 unspecified atom stereocenters. The predicted molar refractivity (Wildman–Crippen MR) is 87.4 cm³/mol. The molecule has 0 aliphatic carbocycles. The van der Waals surface area contributed by atoms with Gasteiger partial charge >= 0.3 is 0 Å². The van der Waals surface area contributed by atoms with Crippen LogP contribution in [-0.2, 0) is 13.1 Å². The van der Waals surface area contributed by atoms with E-state index < -0.39 is 0 Å². The summed E-state index contributed by atoms with van der Waals surface area (Å²) in [7, 11) is 0. The van der Waals surface area contributed by atoms with Crippen molar-refractivity contribution >= 4 is 10.9 Å². The average molecular weight is 286 g/mol. The van der Waals surface area contributed by atoms with Gasteiger partial charge in [0.2, 0.25) is 0 Å². The normalized spacial score (nSPS) is 19.6. The van der Waals surface area contributed by atoms with Gasteiger partial charge in [-0.2, -0.15) is 5.10 Å². The van der Waals surface area contributed by atoms with Gasteiger partial charge in [0.25, 0.3) is 0 Å². The Labute approximate surface area is 127 Å². The minimum Gasteiger partial charge on any atom is -0.310 e. The van der Waals surface area contributed by atoms with Crippen LogP contribution in [0.25, 0.3) is 10.9 Å². The van der Waals surface area contributed by atoms with Crippen molar-refractivity contribution < 1.29 is 0 Å². The smallest absolute Gasteiger partial charge is 0.0841 e. The van der Waals surface area contributed by atoms with Crippen LogP contribution in [0.1, 0.15) is 32.4 Å². The quantitative estimate of drug-likeness (QED) is 0.886. The van der Waals surface area contributed by atoms with E-state index in [0.717, 1.165) is 19.6 Å². The van der Waals surface area contributed by atoms with Crippen molar-refractivity contribution in [3.8, 4) is 0 Å². The van der Waals surface area contributed by atoms with Crippen molar-refractivity contribution in [3.05, 3.63) is 30.0 Å². The van der Waals surface area contributed by atoms with E-state index in [4.69, 9.17) is 5.10 Å². The van der Waals surface area contributed by atoms with Crippen molar-refractivity contribution in [2.24, 2.45) is 0 Å². The summed E-state index contributed by atoms with van der Waals surface area (Å²) in [6.45, 7) is 9.69. The summed E-state index contributed by atoms with van der Waals surface area (Å²) in [5.41, 5.74) is 2.42. The molecule has 1 aromatic heterocycles. The molecule has 0 saturated carbocycles. The van der Waals surface area contributed by atoms with Crippen LogP contribution in [0.3, 0.4) is 0 Å². The number of aromatic nitrogens is 2. The molecule has 3 rings (SSSR count). The number of nitrogens with zero attached hydrogens (tertiary/aromatic N) is 3. The number of likely N-dealkylation sites (tertiary alicyclic amines) is 1. The average Bonchev–Trinajstić information content (AvgIpc) is 3.12. The van der Waals surface area contributed by atoms with Gasteiger partial charge in [-0.05, 0) is 38.9 Å². The largest absolute Gasteiger partial charge is 0.310 e. The lowest BCUT2D eigenvalue weighted by Crippen LogP contribution is -2.37. The Bertz CT molecular complexity index is 589. The molecule has 0 bridgehead atoms. The second-order valence-electron chi connectivity index (χ2n) is 5.84. The van der Waals surface area contributed by atoms with Crippen LogP contribution in [0.4, 0.5) is 0 Å². The molecule has 1 fully saturated rings. The summed E-state index contributed by atoms with van der Waals surface area (Å²) in [5, 5.41) is 9.65. The summed E-state index contributed by atoms with van der Waals surface area (Å²) in [6, 6.07) is 9.23. The van der Waals surface area contributed by atoms with Crippen LogP contribution in [0.2, 0.25) is 0 Å². The Kier molecular flexibility index (Phi) is 4.56. The molecule has 4 nitrogen and oxygen atoms in total. The maximum atomic E-state index is 4.75. The molecular weight excluding hydrogens is 260 g/mol. The third-order valence-corrected chi connectivity index (χ3v) is 4.61. The number of nitrogens with one attached hydrogen (secondary N) is 1. The van der Waals surface area contributed by atoms with Gasteiger partial charge in [0.05, 0.1) is 11.2 Å². The lowest BCUT2D eigenvalue weighted by Gasteiger charge is -2.22. The predicted octanol–water partition coefficient (Wildman–Crippen LogP) is 2.63. The second-order valence-corrected chi connectivity index (χ2v) is 5.84. The van der Waals surface area contributed by atoms with E-state index in [2.05, 4.69) is 53.0 Å². The SMILES string of the molecule is CCN1CCCC1CNCc1nn(CC)c2ccccc12. The van der Waals surface area contributed by atoms with E-state index in [9.17, 15) is 0 Å². The molecule has 1 atom stereocenters. The lowest BCUT2D eigenvalue weighted by molar-refractivity contribution is 0.259. The van der Waals surface area contributed by atoms with Gasteiger partial charge in [-0.15, -0.1) is 0 Å². The van der Waals surface area contributed by atoms with Gasteiger partial charge in [0, 0.05) is 31.1 Å². The summed E-state index contributed by atoms with van der Waals surface area (Å²) >= 11 is 0. The first-order chi connectivity index (χ1) is 10.3. The highest BCUT2D eigenvalue weighted by atomic mass is 15.3. The summed E-state index contributed by atoms with van der Waals surface area (Å²) in [5.74, 6) is 0. The fourth-order valence-electron chi connectivity index (χ4n) is 3.47. The highest BCUT2D eigenvalue weighted by Crippen LogP contribution is 2.19. The third kappa shape index (κ3) is 2.97. The number of fused-ring (bicyclic) bond motifs is 1. The first-order valence-electron chi connectivity index (χ1n) is 8.22. The van der Waals surface area contributed by atoms with Gasteiger partial charge in [0.15, 0.2) is 0 Å². The molecule has 1 aliphatic rings. The standard InChI is InChI=1S/C17H26N4/c1-3-20-11-7-8-14(20)12-18-13-16-15-9-5-6-10-17(15)21(4-2)19-16/h5-6,9-10,14,18H,3-4,7-8,11-13H2,1-2H3. The molecule has 1 saturated heterocycles. The highest BCUT2D eigenvalue weighted by molar-refractivity contribution is 5.81. The van der Waals surface area contributed by atoms with Gasteiger partial charge in [-0.1, -0.05) is 25.1 Å². The van der Waals surface area contributed by atoms with Crippen molar-refractivity contribution in [2.75, 3.05) is 19.6 Å². The Morgan fingerprint density at radius 3 is 2.90 bits per heavy atom. The maximum Gasteiger partial charge on any atom is 0.0841 e. The third-order valence-electron chi connectivity index (χ3n) is 4.61. The zero-order valence-corrected chi connectivity index (χ0v) is 13.2. The molecule has 0 spiro atoms. The van der Waals surface area contributed by atoms with E-state index in [1.54, 1.807) is 0 Å². The second kappa shape index (κ2) is 6.58. The van der Waals surface area contributed by atoms with Crippen molar-refractivity contribution in [3.63, 3.8) is 0 Å². The molecular formula is C17H26N4. The summed E-state index contributed by atoms with van der Waals surface area (Å²) in [4.78, 5) is 2.58. The van der Waals surface area contributed by atoms with Gasteiger partial charge in [0.1, 0.15) is 0 Å². The van der Waals surface area contributed by atoms with Gasteiger partial charge < -0.3 is 5.32 Å². The van der Waals surface area contributed by atoms with E-state index in [-0.39, 0.29) is 0 Å². The minimum atomic E-state index is 0.703. The number of rotatable bonds is 6. The van der Waals surface area contributed by atoms with Crippen LogP contribution < -0.4 is 5.32 Å². The van der Waals surface area contributed by atoms with E-state index in [1.165, 1.54) is 42.5 Å². The summed E-state index contributed by atoms with van der Waals surface area (Å²) in [6.07, 6.45) is 2.67. The first kappa shape index (κ1) is 14.5. The molecule has 21 heavy (non-hydrogen) atoms. The molecule has 0 amide bonds. The summed E-state index contributed by atoms with van der Waals surface area (Å²) < 4.78 is 2.10. The fourth-order valence-corrected chi connectivity index (χ4v) is 3.47. The van der Waals surface area contributed by atoms with Crippen molar-refractivity contribution in [1.29, 1.82) is 0 Å². The number of para-hydroxylation sites is 1. The zero-order valence-electron chi connectivity index (χ0n) is 13.2. The number of aryl methyl sites for hydroxylation is 1. The van der Waals surface area contributed by atoms with Gasteiger partial charge in [-0.3, -0.25) is 9.58 Å². The molecule has 1 aliphatic heterocycles. The lowest BCUT2D eigenvalue weighted by atomic mass is 10.2. The van der Waals surface area contributed by atoms with E-state index >= 15 is 0 Å². The van der Waals surface area contributed by atoms with Crippen LogP contribution >= 0.6 is 0 Å². The highest BCUT2D eigenvalue weighted by Gasteiger charge is 2.22. The monoisotopic (exact) mass is 286 g/mol. The fraction of sp³-hybridized carbons (Fsp3) is 0.588. The number of hydrogen-bond donors (Lipinski definition) is 1. The molecule has 4 heteroatoms. The molecule has 0 radical (unpaired) electrons. The van der Waals surface area contributed by atoms with E-state index in [1.807, 2.05) is 0 Å². The van der Waals surface area contributed by atoms with E-state index in [0.29, 0.717) is 6.04 Å². The Hall–Kier alpha value is -1.39. The van der Waals surface area contributed by atoms with Crippen molar-refractivity contribution in [1.82, 2.24) is 20.0 Å². The first-order valence-corrected chi connectivity index (χ1v) is 8.22. The van der Waals surface area contributed by atoms with Crippen LogP contribution in [0, 0.1) is 0 Å². The topological polar surface area (TPSA) is 33.1 Å². The Morgan fingerprint density at radius 1 is 1.24 bits per heavy atom. The molecule has 1 N–H and O–H groups in total. The Balaban J connectivity index is 1.65. The molecule has 114 valence electrons. The number of hydrogen-bond acceptors (Lipinski definition) is 3. The van der Waals surface area contributed by atoms with Gasteiger partial charge in [-0.25, -0.2) is 0 Å². The Morgan fingerprint density at radius 2 is 2.10 bits per heavy atom. The van der Waals surface area contributed by atoms with Crippen LogP contribution in [0.15, 0.2) is 24.3 Å². The van der Waals surface area contributed by atoms with Crippen molar-refractivity contribution in [2.45, 2.75) is 45.8 Å². The molecule has 2 aromatic rings. The number of likely N-dealkylation sites (N-methyl/N-ethyl adjacent to an activating group) is 1. The molecule has 1 aromatic carbocycles. The molecule has 2 heterocycles. The van der Waals surface area contributed by atoms with Crippen LogP contribution in [-0.4, -0.2) is 40.4 Å². The zero-order chi connectivity index (χ0) is 14.7. The maximum absolute atomic E-state index is 4.75. The number of benzene rings is 1. The minimum absolute atomic E-state index is 0.703. The van der Waals surface area contributed by atoms with Crippen LogP contribution in [0.5, 0.6) is 0 Å².